The van der Waals surface area contributed by atoms with Gasteiger partial charge in [-0.05, 0) is 66.3 Å². The number of carbonyl (C=O) groups is 2. The molecular formula is C30H30FNO4. The lowest BCUT2D eigenvalue weighted by molar-refractivity contribution is -0.131. The highest BCUT2D eigenvalue weighted by atomic mass is 19.1. The zero-order valence-electron chi connectivity index (χ0n) is 20.3. The Labute approximate surface area is 210 Å². The predicted octanol–water partition coefficient (Wildman–Crippen LogP) is 6.73. The van der Waals surface area contributed by atoms with Crippen molar-refractivity contribution in [2.45, 2.75) is 38.5 Å². The van der Waals surface area contributed by atoms with Gasteiger partial charge in [0, 0.05) is 23.4 Å². The van der Waals surface area contributed by atoms with Crippen molar-refractivity contribution in [3.05, 3.63) is 89.8 Å². The first-order valence-corrected chi connectivity index (χ1v) is 12.1. The molecule has 3 aromatic carbocycles. The van der Waals surface area contributed by atoms with Crippen molar-refractivity contribution in [2.75, 3.05) is 12.4 Å². The van der Waals surface area contributed by atoms with E-state index in [9.17, 15) is 14.0 Å². The normalized spacial score (nSPS) is 14.9. The summed E-state index contributed by atoms with van der Waals surface area (Å²) in [5.74, 6) is -0.912. The molecule has 1 aliphatic rings. The average molecular weight is 488 g/mol. The van der Waals surface area contributed by atoms with Crippen LogP contribution in [0.3, 0.4) is 0 Å². The Morgan fingerprint density at radius 3 is 2.44 bits per heavy atom. The van der Waals surface area contributed by atoms with E-state index in [1.165, 1.54) is 19.3 Å². The summed E-state index contributed by atoms with van der Waals surface area (Å²) in [6, 6.07) is 19.7. The lowest BCUT2D eigenvalue weighted by Gasteiger charge is -2.36. The number of nitrogens with one attached hydrogen (secondary N) is 1. The molecule has 1 aliphatic carbocycles. The van der Waals surface area contributed by atoms with Gasteiger partial charge in [-0.15, -0.1) is 0 Å². The number of benzene rings is 3. The Hall–Kier alpha value is -3.93. The van der Waals surface area contributed by atoms with Crippen molar-refractivity contribution < 1.29 is 23.8 Å². The van der Waals surface area contributed by atoms with E-state index in [0.717, 1.165) is 49.3 Å². The number of halogens is 1. The van der Waals surface area contributed by atoms with Crippen molar-refractivity contribution in [3.8, 4) is 16.9 Å². The Morgan fingerprint density at radius 2 is 1.78 bits per heavy atom. The van der Waals surface area contributed by atoms with Gasteiger partial charge in [0.15, 0.2) is 0 Å². The summed E-state index contributed by atoms with van der Waals surface area (Å²) >= 11 is 0. The van der Waals surface area contributed by atoms with Gasteiger partial charge in [-0.2, -0.15) is 0 Å². The Bertz CT molecular complexity index is 1260. The van der Waals surface area contributed by atoms with Gasteiger partial charge in [-0.1, -0.05) is 55.7 Å². The largest absolute Gasteiger partial charge is 0.497 e. The van der Waals surface area contributed by atoms with E-state index < -0.39 is 11.4 Å². The quantitative estimate of drug-likeness (QED) is 0.346. The number of ether oxygens (including phenoxy) is 1. The molecule has 0 bridgehead atoms. The minimum atomic E-state index is -1.02. The van der Waals surface area contributed by atoms with Crippen LogP contribution in [0.5, 0.6) is 5.75 Å². The molecule has 5 nitrogen and oxygen atoms in total. The molecule has 0 aliphatic heterocycles. The molecular weight excluding hydrogens is 457 g/mol. The minimum Gasteiger partial charge on any atom is -0.497 e. The summed E-state index contributed by atoms with van der Waals surface area (Å²) in [7, 11) is 1.51. The molecule has 3 aromatic rings. The van der Waals surface area contributed by atoms with Crippen LogP contribution in [0.4, 0.5) is 10.1 Å². The maximum Gasteiger partial charge on any atom is 0.328 e. The van der Waals surface area contributed by atoms with E-state index >= 15 is 0 Å². The molecule has 0 saturated heterocycles. The van der Waals surface area contributed by atoms with Crippen molar-refractivity contribution >= 4 is 23.6 Å². The first-order valence-electron chi connectivity index (χ1n) is 12.1. The fourth-order valence-electron chi connectivity index (χ4n) is 4.91. The monoisotopic (exact) mass is 487 g/mol. The molecule has 1 fully saturated rings. The predicted molar refractivity (Wildman–Crippen MR) is 139 cm³/mol. The fraction of sp³-hybridized carbons (Fsp3) is 0.267. The highest BCUT2D eigenvalue weighted by Crippen LogP contribution is 2.41. The zero-order valence-corrected chi connectivity index (χ0v) is 20.3. The third-order valence-electron chi connectivity index (χ3n) is 6.84. The molecule has 36 heavy (non-hydrogen) atoms. The van der Waals surface area contributed by atoms with Gasteiger partial charge in [0.25, 0.3) is 0 Å². The topological polar surface area (TPSA) is 75.6 Å². The van der Waals surface area contributed by atoms with Gasteiger partial charge in [0.2, 0.25) is 5.91 Å². The molecule has 0 spiro atoms. The summed E-state index contributed by atoms with van der Waals surface area (Å²) in [5.41, 5.74) is 3.12. The number of anilines is 1. The van der Waals surface area contributed by atoms with Crippen LogP contribution in [-0.2, 0) is 16.0 Å². The first-order chi connectivity index (χ1) is 17.4. The molecule has 0 atom stereocenters. The molecule has 6 heteroatoms. The maximum absolute atomic E-state index is 14.5. The van der Waals surface area contributed by atoms with Crippen LogP contribution >= 0.6 is 0 Å². The van der Waals surface area contributed by atoms with Gasteiger partial charge in [-0.25, -0.2) is 9.18 Å². The van der Waals surface area contributed by atoms with E-state index in [2.05, 4.69) is 5.32 Å². The third kappa shape index (κ3) is 6.00. The minimum absolute atomic E-state index is 0.0214. The number of amides is 1. The second-order valence-electron chi connectivity index (χ2n) is 9.31. The number of carboxylic acids is 1. The lowest BCUT2D eigenvalue weighted by Crippen LogP contribution is -2.40. The Kier molecular flexibility index (Phi) is 7.84. The van der Waals surface area contributed by atoms with E-state index in [1.54, 1.807) is 30.3 Å². The molecule has 1 amide bonds. The summed E-state index contributed by atoms with van der Waals surface area (Å²) in [6.45, 7) is 0. The SMILES string of the molecule is COc1ccc(-c2ccc(CC3(C(=O)Nc4cccc(/C=C/C(=O)O)c4)CCCCC3)cc2)c(F)c1. The number of methoxy groups -OCH3 is 1. The number of carboxylic acid groups (broad SMARTS) is 1. The molecule has 1 saturated carbocycles. The van der Waals surface area contributed by atoms with Crippen LogP contribution in [0, 0.1) is 11.2 Å². The van der Waals surface area contributed by atoms with Crippen molar-refractivity contribution in [1.29, 1.82) is 0 Å². The smallest absolute Gasteiger partial charge is 0.328 e. The number of carbonyl (C=O) groups excluding carboxylic acids is 1. The van der Waals surface area contributed by atoms with E-state index in [0.29, 0.717) is 29.0 Å². The summed E-state index contributed by atoms with van der Waals surface area (Å²) < 4.78 is 19.6. The summed E-state index contributed by atoms with van der Waals surface area (Å²) in [5, 5.41) is 11.9. The summed E-state index contributed by atoms with van der Waals surface area (Å²) in [4.78, 5) is 24.4. The molecule has 2 N–H and O–H groups in total. The van der Waals surface area contributed by atoms with Gasteiger partial charge in [-0.3, -0.25) is 4.79 Å². The number of hydrogen-bond acceptors (Lipinski definition) is 3. The molecule has 0 aromatic heterocycles. The van der Waals surface area contributed by atoms with Gasteiger partial charge >= 0.3 is 5.97 Å². The van der Waals surface area contributed by atoms with E-state index in [-0.39, 0.29) is 11.7 Å². The van der Waals surface area contributed by atoms with Crippen molar-refractivity contribution in [1.82, 2.24) is 0 Å². The van der Waals surface area contributed by atoms with Crippen LogP contribution in [0.2, 0.25) is 0 Å². The molecule has 4 rings (SSSR count). The third-order valence-corrected chi connectivity index (χ3v) is 6.84. The number of hydrogen-bond donors (Lipinski definition) is 2. The lowest BCUT2D eigenvalue weighted by atomic mass is 9.69. The summed E-state index contributed by atoms with van der Waals surface area (Å²) in [6.07, 6.45) is 7.86. The fourth-order valence-corrected chi connectivity index (χ4v) is 4.91. The van der Waals surface area contributed by atoms with E-state index in [4.69, 9.17) is 9.84 Å². The molecule has 0 heterocycles. The van der Waals surface area contributed by atoms with Gasteiger partial charge < -0.3 is 15.2 Å². The molecule has 0 radical (unpaired) electrons. The number of rotatable bonds is 8. The van der Waals surface area contributed by atoms with Crippen LogP contribution in [0.25, 0.3) is 17.2 Å². The highest BCUT2D eigenvalue weighted by Gasteiger charge is 2.39. The van der Waals surface area contributed by atoms with Crippen LogP contribution in [-0.4, -0.2) is 24.1 Å². The second-order valence-corrected chi connectivity index (χ2v) is 9.31. The molecule has 186 valence electrons. The van der Waals surface area contributed by atoms with Gasteiger partial charge in [0.1, 0.15) is 11.6 Å². The highest BCUT2D eigenvalue weighted by molar-refractivity contribution is 5.96. The maximum atomic E-state index is 14.5. The van der Waals surface area contributed by atoms with Crippen LogP contribution in [0.15, 0.2) is 72.8 Å². The van der Waals surface area contributed by atoms with Crippen LogP contribution in [0.1, 0.15) is 43.2 Å². The Balaban J connectivity index is 1.52. The van der Waals surface area contributed by atoms with Crippen molar-refractivity contribution in [3.63, 3.8) is 0 Å². The standard InChI is InChI=1S/C30H30FNO4/c1-36-25-13-14-26(27(31)19-25)23-11-8-22(9-12-23)20-30(16-3-2-4-17-30)29(35)32-24-7-5-6-21(18-24)10-15-28(33)34/h5-15,18-19H,2-4,16-17,20H2,1H3,(H,32,35)(H,33,34)/b15-10+. The van der Waals surface area contributed by atoms with Gasteiger partial charge in [0.05, 0.1) is 12.5 Å². The van der Waals surface area contributed by atoms with E-state index in [1.807, 2.05) is 30.3 Å². The van der Waals surface area contributed by atoms with Crippen LogP contribution < -0.4 is 10.1 Å². The number of aliphatic carboxylic acids is 1. The Morgan fingerprint density at radius 1 is 1.03 bits per heavy atom. The first kappa shape index (κ1) is 25.2. The van der Waals surface area contributed by atoms with Crippen molar-refractivity contribution in [2.24, 2.45) is 5.41 Å². The average Bonchev–Trinajstić information content (AvgIpc) is 2.89. The molecule has 0 unspecified atom stereocenters. The zero-order chi connectivity index (χ0) is 25.5. The second kappa shape index (κ2) is 11.2.